The van der Waals surface area contributed by atoms with Gasteiger partial charge in [0.15, 0.2) is 0 Å². The van der Waals surface area contributed by atoms with Crippen LogP contribution in [-0.2, 0) is 19.1 Å². The Morgan fingerprint density at radius 1 is 1.09 bits per heavy atom. The molecule has 0 heterocycles. The van der Waals surface area contributed by atoms with E-state index in [1.807, 2.05) is 20.8 Å². The van der Waals surface area contributed by atoms with Gasteiger partial charge in [0, 0.05) is 19.8 Å². The molecule has 0 unspecified atom stereocenters. The Balaban J connectivity index is 0. The number of aryl methyl sites for hydroxylation is 1. The maximum atomic E-state index is 12.1. The number of hydrogen-bond acceptors (Lipinski definition) is 5. The molecule has 23 heavy (non-hydrogen) atoms. The van der Waals surface area contributed by atoms with Crippen LogP contribution in [0, 0.1) is 6.92 Å². The van der Waals surface area contributed by atoms with E-state index in [1.54, 1.807) is 38.5 Å². The van der Waals surface area contributed by atoms with Crippen molar-refractivity contribution in [3.63, 3.8) is 0 Å². The van der Waals surface area contributed by atoms with Gasteiger partial charge in [-0.2, -0.15) is 0 Å². The van der Waals surface area contributed by atoms with Crippen LogP contribution in [0.5, 0.6) is 0 Å². The van der Waals surface area contributed by atoms with Crippen molar-refractivity contribution in [2.75, 3.05) is 34.4 Å². The zero-order valence-electron chi connectivity index (χ0n) is 14.8. The molecule has 0 atom stereocenters. The lowest BCUT2D eigenvalue weighted by molar-refractivity contribution is -0.141. The summed E-state index contributed by atoms with van der Waals surface area (Å²) in [4.78, 5) is 34.9. The Bertz CT molecular complexity index is 457. The Kier molecular flexibility index (Phi) is 14.8. The van der Waals surface area contributed by atoms with Crippen LogP contribution in [-0.4, -0.2) is 57.5 Å². The van der Waals surface area contributed by atoms with Gasteiger partial charge in [0.1, 0.15) is 12.8 Å². The zero-order valence-corrected chi connectivity index (χ0v) is 14.8. The van der Waals surface area contributed by atoms with Crippen LogP contribution in [0.4, 0.5) is 0 Å². The van der Waals surface area contributed by atoms with E-state index in [0.717, 1.165) is 10.5 Å². The van der Waals surface area contributed by atoms with Crippen LogP contribution in [0.25, 0.3) is 0 Å². The van der Waals surface area contributed by atoms with E-state index < -0.39 is 5.97 Å². The van der Waals surface area contributed by atoms with Gasteiger partial charge in [-0.1, -0.05) is 31.5 Å². The van der Waals surface area contributed by atoms with Gasteiger partial charge in [0.2, 0.25) is 0 Å². The van der Waals surface area contributed by atoms with E-state index in [4.69, 9.17) is 0 Å². The van der Waals surface area contributed by atoms with Crippen LogP contribution >= 0.6 is 0 Å². The first kappa shape index (κ1) is 23.1. The van der Waals surface area contributed by atoms with Gasteiger partial charge >= 0.3 is 5.97 Å². The van der Waals surface area contributed by atoms with Crippen LogP contribution < -0.4 is 0 Å². The van der Waals surface area contributed by atoms with E-state index in [-0.39, 0.29) is 19.0 Å². The van der Waals surface area contributed by atoms with Crippen molar-refractivity contribution in [2.24, 2.45) is 0 Å². The quantitative estimate of drug-likeness (QED) is 0.612. The highest BCUT2D eigenvalue weighted by molar-refractivity contribution is 5.96. The molecule has 1 aromatic rings. The van der Waals surface area contributed by atoms with Crippen molar-refractivity contribution >= 4 is 18.2 Å². The average molecular weight is 325 g/mol. The van der Waals surface area contributed by atoms with Crippen molar-refractivity contribution in [2.45, 2.75) is 20.8 Å². The molecule has 0 fully saturated rings. The van der Waals surface area contributed by atoms with Crippen molar-refractivity contribution in [3.05, 3.63) is 35.4 Å². The summed E-state index contributed by atoms with van der Waals surface area (Å²) in [5.41, 5.74) is 1.47. The first-order valence-corrected chi connectivity index (χ1v) is 7.26. The molecule has 1 rings (SSSR count). The van der Waals surface area contributed by atoms with Gasteiger partial charge in [-0.25, -0.2) is 0 Å². The number of benzene rings is 1. The molecule has 1 amide bonds. The number of rotatable bonds is 5. The first-order valence-electron chi connectivity index (χ1n) is 7.26. The summed E-state index contributed by atoms with van der Waals surface area (Å²) in [7, 11) is 4.48. The molecule has 0 N–H and O–H groups in total. The SMILES string of the molecule is CC.COC.COC(=O)CN(CC=O)C(=O)c1ccc(C)cc1. The molecule has 0 aliphatic rings. The number of carbonyl (C=O) groups is 3. The number of methoxy groups -OCH3 is 2. The molecule has 1 aromatic carbocycles. The fourth-order valence-corrected chi connectivity index (χ4v) is 1.41. The van der Waals surface area contributed by atoms with Crippen LogP contribution in [0.2, 0.25) is 0 Å². The molecule has 0 bridgehead atoms. The summed E-state index contributed by atoms with van der Waals surface area (Å²) < 4.78 is 8.73. The second-order valence-electron chi connectivity index (χ2n) is 4.20. The van der Waals surface area contributed by atoms with Gasteiger partial charge in [-0.05, 0) is 19.1 Å². The Labute approximate surface area is 138 Å². The maximum Gasteiger partial charge on any atom is 0.325 e. The molecule has 0 radical (unpaired) electrons. The Morgan fingerprint density at radius 2 is 1.57 bits per heavy atom. The highest BCUT2D eigenvalue weighted by Crippen LogP contribution is 2.07. The molecule has 6 heteroatoms. The lowest BCUT2D eigenvalue weighted by Gasteiger charge is -2.18. The summed E-state index contributed by atoms with van der Waals surface area (Å²) in [6.45, 7) is 5.54. The fourth-order valence-electron chi connectivity index (χ4n) is 1.41. The highest BCUT2D eigenvalue weighted by Gasteiger charge is 2.18. The average Bonchev–Trinajstić information content (AvgIpc) is 2.57. The van der Waals surface area contributed by atoms with E-state index in [9.17, 15) is 14.4 Å². The van der Waals surface area contributed by atoms with Gasteiger partial charge in [0.05, 0.1) is 13.7 Å². The number of hydrogen-bond donors (Lipinski definition) is 0. The second kappa shape index (κ2) is 14.7. The summed E-state index contributed by atoms with van der Waals surface area (Å²) in [5, 5.41) is 0. The minimum absolute atomic E-state index is 0.137. The Hall–Kier alpha value is -2.21. The minimum atomic E-state index is -0.558. The van der Waals surface area contributed by atoms with Gasteiger partial charge in [-0.3, -0.25) is 9.59 Å². The van der Waals surface area contributed by atoms with Crippen LogP contribution in [0.1, 0.15) is 29.8 Å². The molecule has 0 saturated heterocycles. The molecule has 0 aliphatic heterocycles. The number of aldehydes is 1. The van der Waals surface area contributed by atoms with Gasteiger partial charge < -0.3 is 19.2 Å². The normalized spacial score (nSPS) is 8.61. The third-order valence-electron chi connectivity index (χ3n) is 2.43. The minimum Gasteiger partial charge on any atom is -0.468 e. The number of carbonyl (C=O) groups excluding carboxylic acids is 3. The monoisotopic (exact) mass is 325 g/mol. The fraction of sp³-hybridized carbons (Fsp3) is 0.471. The Morgan fingerprint density at radius 3 is 1.96 bits per heavy atom. The summed E-state index contributed by atoms with van der Waals surface area (Å²) in [6.07, 6.45) is 0.578. The highest BCUT2D eigenvalue weighted by atomic mass is 16.5. The third kappa shape index (κ3) is 10.2. The molecular weight excluding hydrogens is 298 g/mol. The molecule has 0 spiro atoms. The third-order valence-corrected chi connectivity index (χ3v) is 2.43. The standard InChI is InChI=1S/C13H15NO4.C2H6O.C2H6/c1-10-3-5-11(6-4-10)13(17)14(7-8-15)9-12(16)18-2;1-3-2;1-2/h3-6,8H,7,9H2,1-2H3;1-2H3;1-2H3. The molecular formula is C17H27NO5. The maximum absolute atomic E-state index is 12.1. The second-order valence-corrected chi connectivity index (χ2v) is 4.20. The molecule has 130 valence electrons. The number of esters is 1. The zero-order chi connectivity index (χ0) is 18.3. The predicted octanol–water partition coefficient (Wildman–Crippen LogP) is 2.10. The van der Waals surface area contributed by atoms with E-state index in [0.29, 0.717) is 11.8 Å². The summed E-state index contributed by atoms with van der Waals surface area (Å²) in [5.74, 6) is -0.926. The summed E-state index contributed by atoms with van der Waals surface area (Å²) >= 11 is 0. The lowest BCUT2D eigenvalue weighted by atomic mass is 10.1. The van der Waals surface area contributed by atoms with Crippen LogP contribution in [0.3, 0.4) is 0 Å². The van der Waals surface area contributed by atoms with Gasteiger partial charge in [0.25, 0.3) is 5.91 Å². The van der Waals surface area contributed by atoms with Gasteiger partial charge in [-0.15, -0.1) is 0 Å². The van der Waals surface area contributed by atoms with E-state index in [2.05, 4.69) is 9.47 Å². The van der Waals surface area contributed by atoms with Crippen molar-refractivity contribution in [1.82, 2.24) is 4.90 Å². The van der Waals surface area contributed by atoms with Crippen LogP contribution in [0.15, 0.2) is 24.3 Å². The topological polar surface area (TPSA) is 72.9 Å². The predicted molar refractivity (Wildman–Crippen MR) is 89.4 cm³/mol. The van der Waals surface area contributed by atoms with Crippen molar-refractivity contribution in [1.29, 1.82) is 0 Å². The van der Waals surface area contributed by atoms with Crippen molar-refractivity contribution < 1.29 is 23.9 Å². The molecule has 0 aromatic heterocycles. The molecule has 6 nitrogen and oxygen atoms in total. The van der Waals surface area contributed by atoms with E-state index >= 15 is 0 Å². The molecule has 0 aliphatic carbocycles. The smallest absolute Gasteiger partial charge is 0.325 e. The van der Waals surface area contributed by atoms with E-state index in [1.165, 1.54) is 7.11 Å². The summed E-state index contributed by atoms with van der Waals surface area (Å²) in [6, 6.07) is 6.91. The molecule has 0 saturated carbocycles. The lowest BCUT2D eigenvalue weighted by Crippen LogP contribution is -2.37. The number of amides is 1. The number of ether oxygens (including phenoxy) is 2. The number of nitrogens with zero attached hydrogens (tertiary/aromatic N) is 1. The van der Waals surface area contributed by atoms with Crippen molar-refractivity contribution in [3.8, 4) is 0 Å². The first-order chi connectivity index (χ1) is 11.0. The largest absolute Gasteiger partial charge is 0.468 e.